The SMILES string of the molecule is CC1(C)N=C(N)N=C(N)N1OCc1cccc(Oc2cccc(CON3C(N)=NC(N)=NC3(C)C)c2)c1. The number of benzene rings is 2. The van der Waals surface area contributed by atoms with Crippen molar-refractivity contribution >= 4 is 23.8 Å². The van der Waals surface area contributed by atoms with Crippen LogP contribution in [0.25, 0.3) is 0 Å². The van der Waals surface area contributed by atoms with E-state index < -0.39 is 11.3 Å². The van der Waals surface area contributed by atoms with Crippen molar-refractivity contribution in [1.29, 1.82) is 0 Å². The summed E-state index contributed by atoms with van der Waals surface area (Å²) in [6.45, 7) is 7.76. The number of hydroxylamine groups is 4. The summed E-state index contributed by atoms with van der Waals surface area (Å²) < 4.78 is 6.08. The molecule has 13 heteroatoms. The zero-order chi connectivity index (χ0) is 26.8. The van der Waals surface area contributed by atoms with Crippen LogP contribution in [-0.2, 0) is 22.9 Å². The molecule has 196 valence electrons. The van der Waals surface area contributed by atoms with E-state index in [1.165, 1.54) is 10.1 Å². The summed E-state index contributed by atoms with van der Waals surface area (Å²) in [6.07, 6.45) is 0. The second-order valence-corrected chi connectivity index (χ2v) is 9.40. The Morgan fingerprint density at radius 1 is 0.676 bits per heavy atom. The molecule has 8 N–H and O–H groups in total. The zero-order valence-corrected chi connectivity index (χ0v) is 21.3. The van der Waals surface area contributed by atoms with E-state index in [1.807, 2.05) is 76.2 Å². The molecule has 4 rings (SSSR count). The first-order valence-corrected chi connectivity index (χ1v) is 11.5. The summed E-state index contributed by atoms with van der Waals surface area (Å²) in [7, 11) is 0. The number of rotatable bonds is 8. The van der Waals surface area contributed by atoms with Crippen molar-refractivity contribution in [2.75, 3.05) is 0 Å². The summed E-state index contributed by atoms with van der Waals surface area (Å²) in [5.74, 6) is 1.78. The van der Waals surface area contributed by atoms with Gasteiger partial charge < -0.3 is 27.7 Å². The Hall–Kier alpha value is -4.36. The summed E-state index contributed by atoms with van der Waals surface area (Å²) in [5.41, 5.74) is 23.5. The Kier molecular flexibility index (Phi) is 6.92. The fraction of sp³-hybridized carbons (Fsp3) is 0.333. The fourth-order valence-electron chi connectivity index (χ4n) is 3.85. The lowest BCUT2D eigenvalue weighted by atomic mass is 10.2. The number of guanidine groups is 4. The topological polar surface area (TPSA) is 188 Å². The fourth-order valence-corrected chi connectivity index (χ4v) is 3.85. The van der Waals surface area contributed by atoms with Gasteiger partial charge in [0, 0.05) is 0 Å². The van der Waals surface area contributed by atoms with Gasteiger partial charge in [0.05, 0.1) is 0 Å². The third-order valence-corrected chi connectivity index (χ3v) is 5.40. The van der Waals surface area contributed by atoms with Crippen LogP contribution in [0.3, 0.4) is 0 Å². The summed E-state index contributed by atoms with van der Waals surface area (Å²) in [6, 6.07) is 15.1. The third-order valence-electron chi connectivity index (χ3n) is 5.40. The van der Waals surface area contributed by atoms with Crippen LogP contribution in [0.4, 0.5) is 0 Å². The van der Waals surface area contributed by atoms with Crippen LogP contribution in [0.2, 0.25) is 0 Å². The molecule has 0 bridgehead atoms. The van der Waals surface area contributed by atoms with Crippen molar-refractivity contribution in [3.8, 4) is 11.5 Å². The second-order valence-electron chi connectivity index (χ2n) is 9.40. The Bertz CT molecular complexity index is 1190. The lowest BCUT2D eigenvalue weighted by Crippen LogP contribution is -2.53. The predicted molar refractivity (Wildman–Crippen MR) is 141 cm³/mol. The molecule has 2 aromatic rings. The first kappa shape index (κ1) is 25.7. The van der Waals surface area contributed by atoms with E-state index in [-0.39, 0.29) is 37.1 Å². The number of nitrogens with two attached hydrogens (primary N) is 4. The second kappa shape index (κ2) is 9.95. The smallest absolute Gasteiger partial charge is 0.226 e. The summed E-state index contributed by atoms with van der Waals surface area (Å²) in [5, 5.41) is 2.86. The van der Waals surface area contributed by atoms with Crippen LogP contribution in [0.1, 0.15) is 38.8 Å². The predicted octanol–water partition coefficient (Wildman–Crippen LogP) is 1.70. The van der Waals surface area contributed by atoms with Gasteiger partial charge in [0.1, 0.15) is 24.7 Å². The first-order valence-electron chi connectivity index (χ1n) is 11.5. The molecule has 37 heavy (non-hydrogen) atoms. The van der Waals surface area contributed by atoms with Crippen LogP contribution in [0.15, 0.2) is 68.5 Å². The van der Waals surface area contributed by atoms with Crippen molar-refractivity contribution in [3.63, 3.8) is 0 Å². The largest absolute Gasteiger partial charge is 0.457 e. The van der Waals surface area contributed by atoms with Crippen LogP contribution in [0.5, 0.6) is 11.5 Å². The molecule has 0 amide bonds. The van der Waals surface area contributed by atoms with E-state index in [0.29, 0.717) is 11.5 Å². The van der Waals surface area contributed by atoms with Crippen LogP contribution >= 0.6 is 0 Å². The van der Waals surface area contributed by atoms with Gasteiger partial charge >= 0.3 is 0 Å². The quantitative estimate of drug-likeness (QED) is 0.411. The van der Waals surface area contributed by atoms with E-state index >= 15 is 0 Å². The van der Waals surface area contributed by atoms with Gasteiger partial charge in [-0.25, -0.2) is 9.98 Å². The minimum absolute atomic E-state index is 0.111. The Morgan fingerprint density at radius 2 is 1.08 bits per heavy atom. The van der Waals surface area contributed by atoms with Crippen molar-refractivity contribution in [2.24, 2.45) is 42.9 Å². The number of hydrogen-bond acceptors (Lipinski definition) is 13. The van der Waals surface area contributed by atoms with Crippen molar-refractivity contribution in [2.45, 2.75) is 52.2 Å². The van der Waals surface area contributed by atoms with Gasteiger partial charge in [-0.1, -0.05) is 24.3 Å². The molecule has 2 aliphatic rings. The van der Waals surface area contributed by atoms with Crippen molar-refractivity contribution < 1.29 is 14.4 Å². The Labute approximate surface area is 215 Å². The van der Waals surface area contributed by atoms with Crippen LogP contribution in [-0.4, -0.2) is 45.3 Å². The van der Waals surface area contributed by atoms with Crippen LogP contribution < -0.4 is 27.7 Å². The van der Waals surface area contributed by atoms with Gasteiger partial charge in [-0.05, 0) is 63.1 Å². The molecule has 0 unspecified atom stereocenters. The highest BCUT2D eigenvalue weighted by Gasteiger charge is 2.34. The molecule has 0 saturated carbocycles. The molecular weight excluding hydrogens is 476 g/mol. The summed E-state index contributed by atoms with van der Waals surface area (Å²) in [4.78, 5) is 28.3. The van der Waals surface area contributed by atoms with E-state index in [4.69, 9.17) is 37.3 Å². The highest BCUT2D eigenvalue weighted by molar-refractivity contribution is 5.95. The molecule has 2 aliphatic heterocycles. The molecule has 13 nitrogen and oxygen atoms in total. The Morgan fingerprint density at radius 3 is 1.46 bits per heavy atom. The lowest BCUT2D eigenvalue weighted by molar-refractivity contribution is -0.166. The standard InChI is InChI=1S/C24H32N10O3/c1-23(2)31-19(25)29-21(27)33(23)35-13-15-7-5-9-17(11-15)37-18-10-6-8-16(12-18)14-36-34-22(28)30-20(26)32-24(34,3)4/h5-12H,13-14H2,1-4H3,(H4,25,27,29,31)(H4,26,28,30,32). The molecule has 2 aromatic carbocycles. The maximum absolute atomic E-state index is 6.08. The normalized spacial score (nSPS) is 18.5. The van der Waals surface area contributed by atoms with Crippen LogP contribution in [0, 0.1) is 0 Å². The van der Waals surface area contributed by atoms with Gasteiger partial charge in [0.15, 0.2) is 11.3 Å². The van der Waals surface area contributed by atoms with Gasteiger partial charge in [-0.15, -0.1) is 0 Å². The molecule has 0 spiro atoms. The maximum Gasteiger partial charge on any atom is 0.226 e. The third kappa shape index (κ3) is 6.08. The molecule has 0 radical (unpaired) electrons. The maximum atomic E-state index is 6.08. The molecule has 0 aromatic heterocycles. The van der Waals surface area contributed by atoms with Gasteiger partial charge in [-0.3, -0.25) is 9.68 Å². The van der Waals surface area contributed by atoms with E-state index in [1.54, 1.807) is 0 Å². The van der Waals surface area contributed by atoms with E-state index in [0.717, 1.165) is 11.1 Å². The monoisotopic (exact) mass is 508 g/mol. The molecule has 0 fully saturated rings. The molecular formula is C24H32N10O3. The number of hydrogen-bond donors (Lipinski definition) is 4. The highest BCUT2D eigenvalue weighted by Crippen LogP contribution is 2.26. The van der Waals surface area contributed by atoms with E-state index in [2.05, 4.69) is 20.0 Å². The van der Waals surface area contributed by atoms with Crippen molar-refractivity contribution in [1.82, 2.24) is 10.1 Å². The minimum Gasteiger partial charge on any atom is -0.457 e. The van der Waals surface area contributed by atoms with Gasteiger partial charge in [0.2, 0.25) is 23.8 Å². The average Bonchev–Trinajstić information content (AvgIpc) is 2.77. The van der Waals surface area contributed by atoms with Gasteiger partial charge in [0.25, 0.3) is 0 Å². The highest BCUT2D eigenvalue weighted by atomic mass is 16.7. The minimum atomic E-state index is -0.786. The first-order chi connectivity index (χ1) is 17.4. The Balaban J connectivity index is 1.38. The summed E-state index contributed by atoms with van der Waals surface area (Å²) >= 11 is 0. The van der Waals surface area contributed by atoms with Gasteiger partial charge in [-0.2, -0.15) is 20.1 Å². The lowest BCUT2D eigenvalue weighted by Gasteiger charge is -2.36. The molecule has 0 aliphatic carbocycles. The van der Waals surface area contributed by atoms with E-state index in [9.17, 15) is 0 Å². The zero-order valence-electron chi connectivity index (χ0n) is 21.3. The molecule has 0 atom stereocenters. The number of nitrogens with zero attached hydrogens (tertiary/aromatic N) is 6. The molecule has 0 saturated heterocycles. The van der Waals surface area contributed by atoms with Crippen molar-refractivity contribution in [3.05, 3.63) is 59.7 Å². The number of ether oxygens (including phenoxy) is 1. The average molecular weight is 509 g/mol. The molecule has 2 heterocycles. The number of aliphatic imine (C=N–C) groups is 4.